The Labute approximate surface area is 101 Å². The third-order valence-electron chi connectivity index (χ3n) is 3.76. The van der Waals surface area contributed by atoms with E-state index >= 15 is 0 Å². The minimum atomic E-state index is 0.700. The Balaban J connectivity index is 1.80. The minimum absolute atomic E-state index is 0.700. The summed E-state index contributed by atoms with van der Waals surface area (Å²) in [6, 6.07) is 0. The number of rotatable bonds is 1. The number of thiazole rings is 1. The molecular weight excluding hydrogens is 216 g/mol. The molecule has 2 nitrogen and oxygen atoms in total. The van der Waals surface area contributed by atoms with Crippen LogP contribution in [0, 0.1) is 0 Å². The van der Waals surface area contributed by atoms with E-state index in [9.17, 15) is 0 Å². The van der Waals surface area contributed by atoms with E-state index in [4.69, 9.17) is 4.98 Å². The predicted octanol–water partition coefficient (Wildman–Crippen LogP) is 2.88. The van der Waals surface area contributed by atoms with E-state index in [0.717, 1.165) is 6.54 Å². The Hall–Kier alpha value is -0.410. The summed E-state index contributed by atoms with van der Waals surface area (Å²) in [6.45, 7) is 2.34. The molecule has 1 saturated heterocycles. The molecule has 0 amide bonds. The number of piperidine rings is 1. The van der Waals surface area contributed by atoms with Crippen molar-refractivity contribution in [1.82, 2.24) is 10.3 Å². The normalized spacial score (nSPS) is 26.1. The number of fused-ring (bicyclic) bond motifs is 1. The van der Waals surface area contributed by atoms with E-state index in [-0.39, 0.29) is 0 Å². The molecule has 0 radical (unpaired) electrons. The second kappa shape index (κ2) is 4.84. The molecule has 2 heterocycles. The molecule has 0 aromatic carbocycles. The van der Waals surface area contributed by atoms with Gasteiger partial charge in [-0.2, -0.15) is 0 Å². The van der Waals surface area contributed by atoms with Crippen LogP contribution in [0.5, 0.6) is 0 Å². The van der Waals surface area contributed by atoms with Crippen molar-refractivity contribution in [2.45, 2.75) is 50.9 Å². The van der Waals surface area contributed by atoms with Gasteiger partial charge in [-0.05, 0) is 45.1 Å². The lowest BCUT2D eigenvalue weighted by Gasteiger charge is -2.20. The molecule has 88 valence electrons. The van der Waals surface area contributed by atoms with Gasteiger partial charge < -0.3 is 5.32 Å². The second-order valence-corrected chi connectivity index (χ2v) is 6.14. The monoisotopic (exact) mass is 236 g/mol. The summed E-state index contributed by atoms with van der Waals surface area (Å²) in [4.78, 5) is 6.51. The van der Waals surface area contributed by atoms with Crippen LogP contribution in [0.2, 0.25) is 0 Å². The third-order valence-corrected chi connectivity index (χ3v) is 5.08. The molecule has 1 atom stereocenters. The summed E-state index contributed by atoms with van der Waals surface area (Å²) in [5.41, 5.74) is 1.43. The van der Waals surface area contributed by atoms with E-state index in [1.165, 1.54) is 62.2 Å². The van der Waals surface area contributed by atoms with Gasteiger partial charge in [0.2, 0.25) is 0 Å². The van der Waals surface area contributed by atoms with Gasteiger partial charge >= 0.3 is 0 Å². The van der Waals surface area contributed by atoms with Crippen LogP contribution in [-0.4, -0.2) is 18.1 Å². The van der Waals surface area contributed by atoms with Crippen molar-refractivity contribution in [3.63, 3.8) is 0 Å². The van der Waals surface area contributed by atoms with Crippen LogP contribution in [0.4, 0.5) is 0 Å². The molecular formula is C13H20N2S. The van der Waals surface area contributed by atoms with Gasteiger partial charge in [0.05, 0.1) is 10.7 Å². The molecule has 1 aliphatic heterocycles. The summed E-state index contributed by atoms with van der Waals surface area (Å²) in [5, 5.41) is 4.91. The van der Waals surface area contributed by atoms with Crippen LogP contribution in [0.25, 0.3) is 0 Å². The van der Waals surface area contributed by atoms with Gasteiger partial charge in [0.1, 0.15) is 0 Å². The molecule has 0 saturated carbocycles. The molecule has 1 aromatic heterocycles. The maximum atomic E-state index is 4.91. The van der Waals surface area contributed by atoms with Crippen LogP contribution in [0.1, 0.15) is 53.6 Å². The maximum Gasteiger partial charge on any atom is 0.0974 e. The van der Waals surface area contributed by atoms with Crippen molar-refractivity contribution in [3.8, 4) is 0 Å². The Kier molecular flexibility index (Phi) is 3.25. The highest BCUT2D eigenvalue weighted by Crippen LogP contribution is 2.32. The van der Waals surface area contributed by atoms with Crippen molar-refractivity contribution in [2.24, 2.45) is 0 Å². The first-order valence-electron chi connectivity index (χ1n) is 6.62. The molecule has 0 bridgehead atoms. The van der Waals surface area contributed by atoms with Crippen molar-refractivity contribution in [2.75, 3.05) is 13.1 Å². The van der Waals surface area contributed by atoms with Crippen molar-refractivity contribution in [1.29, 1.82) is 0 Å². The highest BCUT2D eigenvalue weighted by Gasteiger charge is 2.21. The third kappa shape index (κ3) is 2.16. The Morgan fingerprint density at radius 1 is 1.12 bits per heavy atom. The lowest BCUT2D eigenvalue weighted by atomic mass is 10.0. The van der Waals surface area contributed by atoms with Gasteiger partial charge in [0.25, 0.3) is 0 Å². The standard InChI is InChI=1S/C13H20N2S/c1-2-6-11-12(7-3-1)16-13(15-11)10-5-4-8-14-9-10/h10,14H,1-9H2. The fraction of sp³-hybridized carbons (Fsp3) is 0.769. The number of aromatic nitrogens is 1. The second-order valence-electron chi connectivity index (χ2n) is 5.03. The lowest BCUT2D eigenvalue weighted by Crippen LogP contribution is -2.28. The average molecular weight is 236 g/mol. The van der Waals surface area contributed by atoms with Crippen LogP contribution in [-0.2, 0) is 12.8 Å². The van der Waals surface area contributed by atoms with Gasteiger partial charge in [0.15, 0.2) is 0 Å². The quantitative estimate of drug-likeness (QED) is 0.758. The van der Waals surface area contributed by atoms with Gasteiger partial charge in [0, 0.05) is 17.3 Å². The fourth-order valence-electron chi connectivity index (χ4n) is 2.79. The number of hydrogen-bond donors (Lipinski definition) is 1. The fourth-order valence-corrected chi connectivity index (χ4v) is 4.07. The molecule has 3 rings (SSSR count). The molecule has 1 aromatic rings. The van der Waals surface area contributed by atoms with Crippen LogP contribution < -0.4 is 5.32 Å². The number of nitrogens with one attached hydrogen (secondary N) is 1. The van der Waals surface area contributed by atoms with Crippen LogP contribution in [0.3, 0.4) is 0 Å². The molecule has 1 aliphatic carbocycles. The predicted molar refractivity (Wildman–Crippen MR) is 68.2 cm³/mol. The van der Waals surface area contributed by atoms with Crippen LogP contribution >= 0.6 is 11.3 Å². The first kappa shape index (κ1) is 10.7. The minimum Gasteiger partial charge on any atom is -0.316 e. The zero-order valence-corrected chi connectivity index (χ0v) is 10.6. The molecule has 3 heteroatoms. The first-order valence-corrected chi connectivity index (χ1v) is 7.44. The van der Waals surface area contributed by atoms with E-state index in [1.807, 2.05) is 11.3 Å². The molecule has 16 heavy (non-hydrogen) atoms. The summed E-state index contributed by atoms with van der Waals surface area (Å²) in [7, 11) is 0. The largest absolute Gasteiger partial charge is 0.316 e. The molecule has 1 N–H and O–H groups in total. The number of nitrogens with zero attached hydrogens (tertiary/aromatic N) is 1. The Bertz CT molecular complexity index is 329. The Morgan fingerprint density at radius 3 is 2.94 bits per heavy atom. The van der Waals surface area contributed by atoms with Gasteiger partial charge in [-0.15, -0.1) is 11.3 Å². The van der Waals surface area contributed by atoms with E-state index in [2.05, 4.69) is 5.32 Å². The average Bonchev–Trinajstić information content (AvgIpc) is 2.62. The molecule has 2 aliphatic rings. The van der Waals surface area contributed by atoms with Gasteiger partial charge in [-0.1, -0.05) is 6.42 Å². The molecule has 0 spiro atoms. The van der Waals surface area contributed by atoms with Gasteiger partial charge in [-0.3, -0.25) is 0 Å². The smallest absolute Gasteiger partial charge is 0.0974 e. The zero-order valence-electron chi connectivity index (χ0n) is 9.80. The maximum absolute atomic E-state index is 4.91. The topological polar surface area (TPSA) is 24.9 Å². The van der Waals surface area contributed by atoms with Crippen molar-refractivity contribution >= 4 is 11.3 Å². The number of aryl methyl sites for hydroxylation is 2. The SMILES string of the molecule is C1CCc2nc(C3CCCNC3)sc2CC1. The number of hydrogen-bond acceptors (Lipinski definition) is 3. The van der Waals surface area contributed by atoms with E-state index in [1.54, 1.807) is 4.88 Å². The summed E-state index contributed by atoms with van der Waals surface area (Å²) in [5.74, 6) is 0.700. The van der Waals surface area contributed by atoms with Gasteiger partial charge in [-0.25, -0.2) is 4.98 Å². The zero-order chi connectivity index (χ0) is 10.8. The summed E-state index contributed by atoms with van der Waals surface area (Å²) < 4.78 is 0. The highest BCUT2D eigenvalue weighted by molar-refractivity contribution is 7.11. The first-order chi connectivity index (χ1) is 7.93. The van der Waals surface area contributed by atoms with Crippen molar-refractivity contribution in [3.05, 3.63) is 15.6 Å². The van der Waals surface area contributed by atoms with E-state index < -0.39 is 0 Å². The van der Waals surface area contributed by atoms with Crippen molar-refractivity contribution < 1.29 is 0 Å². The highest BCUT2D eigenvalue weighted by atomic mass is 32.1. The molecule has 1 unspecified atom stereocenters. The van der Waals surface area contributed by atoms with Crippen LogP contribution in [0.15, 0.2) is 0 Å². The van der Waals surface area contributed by atoms with E-state index in [0.29, 0.717) is 5.92 Å². The summed E-state index contributed by atoms with van der Waals surface area (Å²) >= 11 is 2.00. The Morgan fingerprint density at radius 2 is 2.06 bits per heavy atom. The lowest BCUT2D eigenvalue weighted by molar-refractivity contribution is 0.460. The molecule has 1 fully saturated rings. The summed E-state index contributed by atoms with van der Waals surface area (Å²) in [6.07, 6.45) is 9.27.